The van der Waals surface area contributed by atoms with E-state index >= 15 is 0 Å². The fraction of sp³-hybridized carbons (Fsp3) is 0.333. The van der Waals surface area contributed by atoms with E-state index < -0.39 is 0 Å². The van der Waals surface area contributed by atoms with Gasteiger partial charge in [-0.25, -0.2) is 0 Å². The van der Waals surface area contributed by atoms with Crippen LogP contribution in [-0.2, 0) is 11.3 Å². The van der Waals surface area contributed by atoms with Crippen molar-refractivity contribution in [2.75, 3.05) is 13.2 Å². The molecule has 1 N–H and O–H groups in total. The second kappa shape index (κ2) is 6.35. The van der Waals surface area contributed by atoms with Crippen molar-refractivity contribution < 1.29 is 9.84 Å². The van der Waals surface area contributed by atoms with E-state index in [2.05, 4.69) is 0 Å². The summed E-state index contributed by atoms with van der Waals surface area (Å²) in [5, 5.41) is 8.87. The van der Waals surface area contributed by atoms with Crippen LogP contribution in [0.5, 0.6) is 0 Å². The fourth-order valence-electron chi connectivity index (χ4n) is 1.09. The van der Waals surface area contributed by atoms with Gasteiger partial charge in [-0.05, 0) is 18.1 Å². The number of aliphatic hydroxyl groups is 1. The molecule has 0 bridgehead atoms. The lowest BCUT2D eigenvalue weighted by Crippen LogP contribution is -2.01. The monoisotopic (exact) mass is 192 g/mol. The first-order valence-electron chi connectivity index (χ1n) is 4.73. The van der Waals surface area contributed by atoms with Crippen molar-refractivity contribution >= 4 is 0 Å². The highest BCUT2D eigenvalue weighted by Crippen LogP contribution is 2.02. The number of benzene rings is 1. The number of hydrogen-bond donors (Lipinski definition) is 1. The van der Waals surface area contributed by atoms with Crippen LogP contribution in [0.15, 0.2) is 42.0 Å². The molecule has 0 aliphatic carbocycles. The summed E-state index contributed by atoms with van der Waals surface area (Å²) in [7, 11) is 0. The van der Waals surface area contributed by atoms with Gasteiger partial charge in [0, 0.05) is 0 Å². The Morgan fingerprint density at radius 1 is 1.36 bits per heavy atom. The molecule has 0 unspecified atom stereocenters. The molecule has 0 atom stereocenters. The quantitative estimate of drug-likeness (QED) is 0.724. The van der Waals surface area contributed by atoms with Gasteiger partial charge in [0.15, 0.2) is 0 Å². The minimum Gasteiger partial charge on any atom is -0.392 e. The van der Waals surface area contributed by atoms with Crippen molar-refractivity contribution in [3.63, 3.8) is 0 Å². The number of ether oxygens (including phenoxy) is 1. The van der Waals surface area contributed by atoms with Gasteiger partial charge in [-0.3, -0.25) is 0 Å². The maximum Gasteiger partial charge on any atom is 0.0721 e. The van der Waals surface area contributed by atoms with Gasteiger partial charge in [0.1, 0.15) is 0 Å². The molecule has 0 aromatic heterocycles. The second-order valence-electron chi connectivity index (χ2n) is 3.08. The molecule has 0 heterocycles. The molecule has 76 valence electrons. The van der Waals surface area contributed by atoms with Crippen LogP contribution in [0, 0.1) is 0 Å². The van der Waals surface area contributed by atoms with Gasteiger partial charge < -0.3 is 9.84 Å². The third-order valence-corrected chi connectivity index (χ3v) is 2.01. The molecule has 2 heteroatoms. The lowest BCUT2D eigenvalue weighted by Gasteiger charge is -2.05. The normalized spacial score (nSPS) is 11.7. The summed E-state index contributed by atoms with van der Waals surface area (Å²) in [6.45, 7) is 3.07. The largest absolute Gasteiger partial charge is 0.392 e. The fourth-order valence-corrected chi connectivity index (χ4v) is 1.09. The summed E-state index contributed by atoms with van der Waals surface area (Å²) in [5.41, 5.74) is 2.07. The minimum atomic E-state index is 0.0747. The molecule has 2 nitrogen and oxygen atoms in total. The van der Waals surface area contributed by atoms with Crippen LogP contribution in [-0.4, -0.2) is 18.3 Å². The van der Waals surface area contributed by atoms with Crippen LogP contribution in [0.3, 0.4) is 0 Å². The molecule has 1 aromatic rings. The Morgan fingerprint density at radius 3 is 2.64 bits per heavy atom. The highest BCUT2D eigenvalue weighted by Gasteiger charge is 1.95. The topological polar surface area (TPSA) is 29.5 Å². The Hall–Kier alpha value is -1.12. The molecule has 0 aliphatic heterocycles. The van der Waals surface area contributed by atoms with Crippen molar-refractivity contribution in [2.45, 2.75) is 13.5 Å². The molecule has 0 aliphatic rings. The average Bonchev–Trinajstić information content (AvgIpc) is 2.26. The minimum absolute atomic E-state index is 0.0747. The van der Waals surface area contributed by atoms with Crippen LogP contribution in [0.4, 0.5) is 0 Å². The van der Waals surface area contributed by atoms with Gasteiger partial charge in [-0.1, -0.05) is 36.4 Å². The summed E-state index contributed by atoms with van der Waals surface area (Å²) in [6.07, 6.45) is 1.88. The number of allylic oxidation sites excluding steroid dienone is 1. The first-order valence-corrected chi connectivity index (χ1v) is 4.73. The van der Waals surface area contributed by atoms with Gasteiger partial charge in [-0.2, -0.15) is 0 Å². The van der Waals surface area contributed by atoms with E-state index in [9.17, 15) is 0 Å². The average molecular weight is 192 g/mol. The highest BCUT2D eigenvalue weighted by molar-refractivity contribution is 5.13. The SMILES string of the molecule is C/C=C(\CO)COCc1ccccc1. The zero-order valence-corrected chi connectivity index (χ0v) is 8.44. The third kappa shape index (κ3) is 3.73. The molecule has 1 rings (SSSR count). The lowest BCUT2D eigenvalue weighted by molar-refractivity contribution is 0.134. The first kappa shape index (κ1) is 11.0. The Balaban J connectivity index is 2.29. The Morgan fingerprint density at radius 2 is 2.07 bits per heavy atom. The Labute approximate surface area is 84.8 Å². The van der Waals surface area contributed by atoms with Crippen molar-refractivity contribution in [2.24, 2.45) is 0 Å². The molecular weight excluding hydrogens is 176 g/mol. The molecule has 1 aromatic carbocycles. The molecule has 0 fully saturated rings. The standard InChI is InChI=1S/C12H16O2/c1-2-11(8-13)9-14-10-12-6-4-3-5-7-12/h2-7,13H,8-10H2,1H3/b11-2+. The van der Waals surface area contributed by atoms with E-state index in [-0.39, 0.29) is 6.61 Å². The van der Waals surface area contributed by atoms with Crippen LogP contribution in [0.25, 0.3) is 0 Å². The molecule has 0 spiro atoms. The molecule has 0 amide bonds. The van der Waals surface area contributed by atoms with Crippen molar-refractivity contribution in [3.05, 3.63) is 47.5 Å². The van der Waals surface area contributed by atoms with Crippen LogP contribution >= 0.6 is 0 Å². The summed E-state index contributed by atoms with van der Waals surface area (Å²) in [6, 6.07) is 10.00. The van der Waals surface area contributed by atoms with Crippen molar-refractivity contribution in [3.8, 4) is 0 Å². The highest BCUT2D eigenvalue weighted by atomic mass is 16.5. The Kier molecular flexibility index (Phi) is 4.97. The van der Waals surface area contributed by atoms with Gasteiger partial charge in [0.05, 0.1) is 19.8 Å². The Bertz CT molecular complexity index is 278. The van der Waals surface area contributed by atoms with Crippen LogP contribution in [0.1, 0.15) is 12.5 Å². The lowest BCUT2D eigenvalue weighted by atomic mass is 10.2. The third-order valence-electron chi connectivity index (χ3n) is 2.01. The van der Waals surface area contributed by atoms with E-state index in [1.165, 1.54) is 0 Å². The summed E-state index contributed by atoms with van der Waals surface area (Å²) in [4.78, 5) is 0. The van der Waals surface area contributed by atoms with Crippen molar-refractivity contribution in [1.82, 2.24) is 0 Å². The van der Waals surface area contributed by atoms with E-state index in [4.69, 9.17) is 9.84 Å². The summed E-state index contributed by atoms with van der Waals surface area (Å²) < 4.78 is 5.44. The zero-order chi connectivity index (χ0) is 10.2. The summed E-state index contributed by atoms with van der Waals surface area (Å²) >= 11 is 0. The van der Waals surface area contributed by atoms with Gasteiger partial charge in [0.25, 0.3) is 0 Å². The van der Waals surface area contributed by atoms with Gasteiger partial charge in [-0.15, -0.1) is 0 Å². The molecule has 0 radical (unpaired) electrons. The van der Waals surface area contributed by atoms with E-state index in [0.717, 1.165) is 11.1 Å². The van der Waals surface area contributed by atoms with Crippen LogP contribution < -0.4 is 0 Å². The molecule has 0 saturated heterocycles. The number of rotatable bonds is 5. The molecule has 0 saturated carbocycles. The molecule has 14 heavy (non-hydrogen) atoms. The van der Waals surface area contributed by atoms with Crippen LogP contribution in [0.2, 0.25) is 0 Å². The van der Waals surface area contributed by atoms with Gasteiger partial charge >= 0.3 is 0 Å². The second-order valence-corrected chi connectivity index (χ2v) is 3.08. The zero-order valence-electron chi connectivity index (χ0n) is 8.44. The molecular formula is C12H16O2. The van der Waals surface area contributed by atoms with Gasteiger partial charge in [0.2, 0.25) is 0 Å². The van der Waals surface area contributed by atoms with E-state index in [0.29, 0.717) is 13.2 Å². The number of aliphatic hydroxyl groups excluding tert-OH is 1. The maximum absolute atomic E-state index is 8.87. The predicted molar refractivity (Wildman–Crippen MR) is 56.9 cm³/mol. The smallest absolute Gasteiger partial charge is 0.0721 e. The summed E-state index contributed by atoms with van der Waals surface area (Å²) in [5.74, 6) is 0. The number of hydrogen-bond acceptors (Lipinski definition) is 2. The predicted octanol–water partition coefficient (Wildman–Crippen LogP) is 2.14. The van der Waals surface area contributed by atoms with E-state index in [1.54, 1.807) is 0 Å². The van der Waals surface area contributed by atoms with E-state index in [1.807, 2.05) is 43.3 Å². The first-order chi connectivity index (χ1) is 6.86. The maximum atomic E-state index is 8.87. The van der Waals surface area contributed by atoms with Crippen molar-refractivity contribution in [1.29, 1.82) is 0 Å².